The summed E-state index contributed by atoms with van der Waals surface area (Å²) in [6.45, 7) is 0.551. The quantitative estimate of drug-likeness (QED) is 0.329. The summed E-state index contributed by atoms with van der Waals surface area (Å²) in [6, 6.07) is 18.5. The Balaban J connectivity index is 1.59. The van der Waals surface area contributed by atoms with Gasteiger partial charge in [-0.05, 0) is 41.8 Å². The zero-order valence-electron chi connectivity index (χ0n) is 15.4. The molecule has 0 spiro atoms. The van der Waals surface area contributed by atoms with Crippen molar-refractivity contribution in [1.29, 1.82) is 0 Å². The average Bonchev–Trinajstić information content (AvgIpc) is 3.16. The first kappa shape index (κ1) is 19.1. The summed E-state index contributed by atoms with van der Waals surface area (Å²) in [5.41, 5.74) is 2.53. The van der Waals surface area contributed by atoms with Gasteiger partial charge < -0.3 is 4.90 Å². The molecule has 1 amide bonds. The van der Waals surface area contributed by atoms with Crippen molar-refractivity contribution < 1.29 is 14.1 Å². The highest BCUT2D eigenvalue weighted by molar-refractivity contribution is 7.98. The van der Waals surface area contributed by atoms with E-state index in [1.54, 1.807) is 35.2 Å². The van der Waals surface area contributed by atoms with Crippen LogP contribution in [0.3, 0.4) is 0 Å². The Labute approximate surface area is 171 Å². The second-order valence-corrected chi connectivity index (χ2v) is 7.67. The summed E-state index contributed by atoms with van der Waals surface area (Å²) in [5.74, 6) is -0.341. The van der Waals surface area contributed by atoms with Gasteiger partial charge in [0.1, 0.15) is 5.82 Å². The summed E-state index contributed by atoms with van der Waals surface area (Å²) in [4.78, 5) is 26.1. The molecule has 1 heterocycles. The Morgan fingerprint density at radius 1 is 1.10 bits per heavy atom. The van der Waals surface area contributed by atoms with Gasteiger partial charge in [-0.25, -0.2) is 4.39 Å². The van der Waals surface area contributed by atoms with Gasteiger partial charge >= 0.3 is 0 Å². The van der Waals surface area contributed by atoms with E-state index in [1.165, 1.54) is 23.9 Å². The fourth-order valence-electron chi connectivity index (χ4n) is 3.39. The molecule has 5 nitrogen and oxygen atoms in total. The highest BCUT2D eigenvalue weighted by Gasteiger charge is 2.27. The first-order valence-electron chi connectivity index (χ1n) is 9.09. The Morgan fingerprint density at radius 2 is 1.86 bits per heavy atom. The van der Waals surface area contributed by atoms with Crippen molar-refractivity contribution in [2.75, 3.05) is 11.4 Å². The summed E-state index contributed by atoms with van der Waals surface area (Å²) >= 11 is 1.18. The molecule has 0 atom stereocenters. The predicted molar refractivity (Wildman–Crippen MR) is 111 cm³/mol. The number of benzene rings is 3. The minimum Gasteiger partial charge on any atom is -0.308 e. The standard InChI is InChI=1S/C22H17FN2O3S/c23-18-7-3-1-6-17(18)14-29-21-10-9-16(13-20(21)25(27)28)22(26)24-12-11-15-5-2-4-8-19(15)24/h1-10,13H,11-12,14H2. The fourth-order valence-corrected chi connectivity index (χ4v) is 4.38. The van der Waals surface area contributed by atoms with Crippen LogP contribution in [-0.4, -0.2) is 17.4 Å². The molecular weight excluding hydrogens is 391 g/mol. The molecule has 1 aliphatic heterocycles. The van der Waals surface area contributed by atoms with Crippen molar-refractivity contribution in [3.8, 4) is 0 Å². The number of thioether (sulfide) groups is 1. The SMILES string of the molecule is O=C(c1ccc(SCc2ccccc2F)c([N+](=O)[O-])c1)N1CCc2ccccc21. The predicted octanol–water partition coefficient (Wildman–Crippen LogP) is 5.23. The number of carbonyl (C=O) groups is 1. The zero-order chi connectivity index (χ0) is 20.4. The lowest BCUT2D eigenvalue weighted by atomic mass is 10.1. The number of hydrogen-bond donors (Lipinski definition) is 0. The van der Waals surface area contributed by atoms with Crippen LogP contribution in [0.1, 0.15) is 21.5 Å². The first-order chi connectivity index (χ1) is 14.0. The molecule has 0 saturated carbocycles. The van der Waals surface area contributed by atoms with Crippen molar-refractivity contribution in [3.63, 3.8) is 0 Å². The number of nitro benzene ring substituents is 1. The van der Waals surface area contributed by atoms with Crippen LogP contribution in [0, 0.1) is 15.9 Å². The minimum absolute atomic E-state index is 0.148. The molecule has 0 aliphatic carbocycles. The van der Waals surface area contributed by atoms with Gasteiger partial charge in [0.05, 0.1) is 9.82 Å². The molecule has 3 aromatic rings. The van der Waals surface area contributed by atoms with Gasteiger partial charge in [0.15, 0.2) is 0 Å². The van der Waals surface area contributed by atoms with Crippen LogP contribution in [-0.2, 0) is 12.2 Å². The fraction of sp³-hybridized carbons (Fsp3) is 0.136. The van der Waals surface area contributed by atoms with Crippen molar-refractivity contribution in [3.05, 3.63) is 99.4 Å². The molecule has 4 rings (SSSR count). The van der Waals surface area contributed by atoms with E-state index in [1.807, 2.05) is 24.3 Å². The number of hydrogen-bond acceptors (Lipinski definition) is 4. The monoisotopic (exact) mass is 408 g/mol. The number of nitrogens with zero attached hydrogens (tertiary/aromatic N) is 2. The molecule has 0 saturated heterocycles. The van der Waals surface area contributed by atoms with Crippen molar-refractivity contribution in [2.24, 2.45) is 0 Å². The maximum atomic E-state index is 13.8. The van der Waals surface area contributed by atoms with Gasteiger partial charge in [0.25, 0.3) is 11.6 Å². The van der Waals surface area contributed by atoms with Gasteiger partial charge in [-0.2, -0.15) is 0 Å². The van der Waals surface area contributed by atoms with Crippen LogP contribution in [0.15, 0.2) is 71.6 Å². The third-order valence-corrected chi connectivity index (χ3v) is 5.99. The lowest BCUT2D eigenvalue weighted by molar-refractivity contribution is -0.387. The van der Waals surface area contributed by atoms with E-state index in [4.69, 9.17) is 0 Å². The largest absolute Gasteiger partial charge is 0.308 e. The van der Waals surface area contributed by atoms with Crippen LogP contribution in [0.2, 0.25) is 0 Å². The molecule has 0 radical (unpaired) electrons. The van der Waals surface area contributed by atoms with Gasteiger partial charge in [-0.3, -0.25) is 14.9 Å². The maximum Gasteiger partial charge on any atom is 0.283 e. The molecule has 0 N–H and O–H groups in total. The van der Waals surface area contributed by atoms with Gasteiger partial charge in [0.2, 0.25) is 0 Å². The number of nitro groups is 1. The molecule has 0 fully saturated rings. The third kappa shape index (κ3) is 3.86. The van der Waals surface area contributed by atoms with Crippen LogP contribution in [0.5, 0.6) is 0 Å². The number of fused-ring (bicyclic) bond motifs is 1. The Bertz CT molecular complexity index is 1100. The van der Waals surface area contributed by atoms with E-state index in [-0.39, 0.29) is 28.7 Å². The summed E-state index contributed by atoms with van der Waals surface area (Å²) < 4.78 is 13.8. The molecule has 0 bridgehead atoms. The second-order valence-electron chi connectivity index (χ2n) is 6.66. The Morgan fingerprint density at radius 3 is 2.66 bits per heavy atom. The lowest BCUT2D eigenvalue weighted by Crippen LogP contribution is -2.28. The number of carbonyl (C=O) groups excluding carboxylic acids is 1. The number of amides is 1. The van der Waals surface area contributed by atoms with E-state index in [0.29, 0.717) is 17.0 Å². The average molecular weight is 408 g/mol. The first-order valence-corrected chi connectivity index (χ1v) is 10.1. The van der Waals surface area contributed by atoms with E-state index in [0.717, 1.165) is 17.7 Å². The Kier molecular flexibility index (Phi) is 5.31. The van der Waals surface area contributed by atoms with E-state index >= 15 is 0 Å². The van der Waals surface area contributed by atoms with Crippen LogP contribution < -0.4 is 4.90 Å². The number of rotatable bonds is 5. The number of para-hydroxylation sites is 1. The van der Waals surface area contributed by atoms with E-state index < -0.39 is 4.92 Å². The highest BCUT2D eigenvalue weighted by Crippen LogP contribution is 2.34. The van der Waals surface area contributed by atoms with Crippen molar-refractivity contribution >= 4 is 29.0 Å². The summed E-state index contributed by atoms with van der Waals surface area (Å²) in [5, 5.41) is 11.6. The topological polar surface area (TPSA) is 63.4 Å². The minimum atomic E-state index is -0.502. The maximum absolute atomic E-state index is 13.8. The highest BCUT2D eigenvalue weighted by atomic mass is 32.2. The molecule has 0 unspecified atom stereocenters. The molecule has 29 heavy (non-hydrogen) atoms. The smallest absolute Gasteiger partial charge is 0.283 e. The van der Waals surface area contributed by atoms with Gasteiger partial charge in [-0.1, -0.05) is 36.4 Å². The third-order valence-electron chi connectivity index (χ3n) is 4.88. The molecule has 1 aliphatic rings. The van der Waals surface area contributed by atoms with Crippen molar-refractivity contribution in [1.82, 2.24) is 0 Å². The van der Waals surface area contributed by atoms with E-state index in [2.05, 4.69) is 0 Å². The summed E-state index contributed by atoms with van der Waals surface area (Å²) in [7, 11) is 0. The summed E-state index contributed by atoms with van der Waals surface area (Å²) in [6.07, 6.45) is 0.764. The zero-order valence-corrected chi connectivity index (χ0v) is 16.2. The number of anilines is 1. The normalized spacial score (nSPS) is 12.7. The van der Waals surface area contributed by atoms with Crippen LogP contribution >= 0.6 is 11.8 Å². The molecule has 7 heteroatoms. The van der Waals surface area contributed by atoms with Gasteiger partial charge in [-0.15, -0.1) is 11.8 Å². The molecule has 0 aromatic heterocycles. The number of halogens is 1. The molecule has 146 valence electrons. The lowest BCUT2D eigenvalue weighted by Gasteiger charge is -2.17. The molecular formula is C22H17FN2O3S. The van der Waals surface area contributed by atoms with Crippen molar-refractivity contribution in [2.45, 2.75) is 17.1 Å². The van der Waals surface area contributed by atoms with E-state index in [9.17, 15) is 19.3 Å². The van der Waals surface area contributed by atoms with Crippen LogP contribution in [0.25, 0.3) is 0 Å². The molecule has 3 aromatic carbocycles. The second kappa shape index (κ2) is 8.05. The Hall–Kier alpha value is -3.19. The van der Waals surface area contributed by atoms with Crippen LogP contribution in [0.4, 0.5) is 15.8 Å². The van der Waals surface area contributed by atoms with Gasteiger partial charge in [0, 0.05) is 29.6 Å².